The van der Waals surface area contributed by atoms with Gasteiger partial charge in [-0.15, -0.1) is 0 Å². The molecule has 4 rings (SSSR count). The zero-order valence-corrected chi connectivity index (χ0v) is 17.2. The second-order valence-corrected chi connectivity index (χ2v) is 9.58. The quantitative estimate of drug-likeness (QED) is 0.733. The van der Waals surface area contributed by atoms with Crippen molar-refractivity contribution in [3.63, 3.8) is 0 Å². The zero-order valence-electron chi connectivity index (χ0n) is 16.4. The number of amides is 1. The Labute approximate surface area is 168 Å². The predicted octanol–water partition coefficient (Wildman–Crippen LogP) is 0.585. The van der Waals surface area contributed by atoms with Crippen molar-refractivity contribution in [1.29, 1.82) is 0 Å². The normalized spacial score (nSPS) is 19.9. The van der Waals surface area contributed by atoms with Crippen LogP contribution in [0.1, 0.15) is 26.7 Å². The number of aryl methyl sites for hydroxylation is 1. The molecule has 4 heterocycles. The van der Waals surface area contributed by atoms with Gasteiger partial charge < -0.3 is 15.4 Å². The molecule has 0 unspecified atom stereocenters. The number of carbonyl (C=O) groups is 1. The van der Waals surface area contributed by atoms with E-state index in [4.69, 9.17) is 4.74 Å². The molecule has 0 bridgehead atoms. The van der Waals surface area contributed by atoms with Crippen molar-refractivity contribution in [3.8, 4) is 5.75 Å². The molecule has 2 aromatic heterocycles. The van der Waals surface area contributed by atoms with E-state index in [1.165, 1.54) is 27.6 Å². The Hall–Kier alpha value is -2.73. The number of rotatable bonds is 4. The lowest BCUT2D eigenvalue weighted by molar-refractivity contribution is -0.129. The van der Waals surface area contributed by atoms with Gasteiger partial charge in [0.25, 0.3) is 5.91 Å². The van der Waals surface area contributed by atoms with E-state index in [0.29, 0.717) is 43.4 Å². The highest BCUT2D eigenvalue weighted by atomic mass is 32.2. The van der Waals surface area contributed by atoms with Crippen molar-refractivity contribution >= 4 is 27.7 Å². The maximum Gasteiger partial charge on any atom is 0.269 e. The summed E-state index contributed by atoms with van der Waals surface area (Å²) in [5.74, 6) is 0.824. The molecular formula is C17H23N7O4S. The molecule has 12 heteroatoms. The first-order valence-electron chi connectivity index (χ1n) is 9.28. The summed E-state index contributed by atoms with van der Waals surface area (Å²) in [7, 11) is -1.86. The zero-order chi connectivity index (χ0) is 20.8. The van der Waals surface area contributed by atoms with Gasteiger partial charge in [0.05, 0.1) is 12.4 Å². The van der Waals surface area contributed by atoms with Gasteiger partial charge >= 0.3 is 0 Å². The first-order valence-corrected chi connectivity index (χ1v) is 10.7. The molecule has 11 nitrogen and oxygen atoms in total. The van der Waals surface area contributed by atoms with E-state index < -0.39 is 15.6 Å². The highest BCUT2D eigenvalue weighted by Crippen LogP contribution is 2.32. The van der Waals surface area contributed by atoms with Crippen molar-refractivity contribution in [2.45, 2.75) is 43.2 Å². The van der Waals surface area contributed by atoms with E-state index in [0.717, 1.165) is 0 Å². The smallest absolute Gasteiger partial charge is 0.269 e. The SMILES string of the molecule is Cn1cc(S(=O)(=O)N2CCC(Nc3ncc4c(n3)NC(=O)C(C)(C)O4)CC2)cn1. The Bertz CT molecular complexity index is 1040. The highest BCUT2D eigenvalue weighted by Gasteiger charge is 2.36. The number of ether oxygens (including phenoxy) is 1. The summed E-state index contributed by atoms with van der Waals surface area (Å²) in [5.41, 5.74) is -0.974. The monoisotopic (exact) mass is 421 g/mol. The number of nitrogens with zero attached hydrogens (tertiary/aromatic N) is 5. The van der Waals surface area contributed by atoms with Gasteiger partial charge in [-0.05, 0) is 26.7 Å². The summed E-state index contributed by atoms with van der Waals surface area (Å²) in [4.78, 5) is 20.8. The largest absolute Gasteiger partial charge is 0.472 e. The summed E-state index contributed by atoms with van der Waals surface area (Å²) in [5, 5.41) is 9.88. The third kappa shape index (κ3) is 3.77. The third-order valence-corrected chi connectivity index (χ3v) is 6.86. The summed E-state index contributed by atoms with van der Waals surface area (Å²) in [6.45, 7) is 4.11. The number of hydrogen-bond donors (Lipinski definition) is 2. The van der Waals surface area contributed by atoms with E-state index in [2.05, 4.69) is 25.7 Å². The second-order valence-electron chi connectivity index (χ2n) is 7.65. The van der Waals surface area contributed by atoms with Crippen LogP contribution in [0.4, 0.5) is 11.8 Å². The molecule has 0 aromatic carbocycles. The average molecular weight is 421 g/mol. The summed E-state index contributed by atoms with van der Waals surface area (Å²) >= 11 is 0. The van der Waals surface area contributed by atoms with Crippen LogP contribution in [0.25, 0.3) is 0 Å². The number of sulfonamides is 1. The number of hydrogen-bond acceptors (Lipinski definition) is 8. The molecule has 1 saturated heterocycles. The van der Waals surface area contributed by atoms with Crippen molar-refractivity contribution in [2.24, 2.45) is 7.05 Å². The minimum Gasteiger partial charge on any atom is -0.472 e. The first-order chi connectivity index (χ1) is 13.6. The molecule has 156 valence electrons. The van der Waals surface area contributed by atoms with Crippen LogP contribution >= 0.6 is 0 Å². The van der Waals surface area contributed by atoms with Crippen molar-refractivity contribution in [3.05, 3.63) is 18.6 Å². The molecule has 1 fully saturated rings. The third-order valence-electron chi connectivity index (χ3n) is 5.01. The molecule has 2 aliphatic heterocycles. The lowest BCUT2D eigenvalue weighted by Crippen LogP contribution is -2.46. The van der Waals surface area contributed by atoms with Crippen LogP contribution in [-0.2, 0) is 21.9 Å². The van der Waals surface area contributed by atoms with E-state index in [9.17, 15) is 13.2 Å². The van der Waals surface area contributed by atoms with Crippen molar-refractivity contribution in [2.75, 3.05) is 23.7 Å². The molecule has 2 aromatic rings. The number of carbonyl (C=O) groups excluding carboxylic acids is 1. The molecule has 1 amide bonds. The fourth-order valence-electron chi connectivity index (χ4n) is 3.29. The number of aromatic nitrogens is 4. The lowest BCUT2D eigenvalue weighted by atomic mass is 10.1. The fourth-order valence-corrected chi connectivity index (χ4v) is 4.74. The van der Waals surface area contributed by atoms with Gasteiger partial charge in [0.15, 0.2) is 17.2 Å². The van der Waals surface area contributed by atoms with Gasteiger partial charge in [-0.25, -0.2) is 13.4 Å². The Morgan fingerprint density at radius 1 is 1.28 bits per heavy atom. The molecule has 29 heavy (non-hydrogen) atoms. The average Bonchev–Trinajstić information content (AvgIpc) is 3.11. The second kappa shape index (κ2) is 6.95. The molecule has 0 atom stereocenters. The van der Waals surface area contributed by atoms with E-state index in [1.807, 2.05) is 0 Å². The molecule has 2 N–H and O–H groups in total. The fraction of sp³-hybridized carbons (Fsp3) is 0.529. The molecule has 0 saturated carbocycles. The van der Waals surface area contributed by atoms with Crippen LogP contribution in [0.15, 0.2) is 23.5 Å². The molecule has 0 radical (unpaired) electrons. The topological polar surface area (TPSA) is 131 Å². The van der Waals surface area contributed by atoms with Gasteiger partial charge in [0.1, 0.15) is 4.90 Å². The molecule has 0 aliphatic carbocycles. The van der Waals surface area contributed by atoms with Crippen LogP contribution in [0.2, 0.25) is 0 Å². The number of fused-ring (bicyclic) bond motifs is 1. The summed E-state index contributed by atoms with van der Waals surface area (Å²) in [6.07, 6.45) is 5.59. The maximum absolute atomic E-state index is 12.7. The number of nitrogens with one attached hydrogen (secondary N) is 2. The van der Waals surface area contributed by atoms with Crippen molar-refractivity contribution in [1.82, 2.24) is 24.1 Å². The lowest BCUT2D eigenvalue weighted by Gasteiger charge is -2.32. The minimum absolute atomic E-state index is 0.0186. The highest BCUT2D eigenvalue weighted by molar-refractivity contribution is 7.89. The van der Waals surface area contributed by atoms with Gasteiger partial charge in [0, 0.05) is 32.4 Å². The van der Waals surface area contributed by atoms with E-state index in [1.54, 1.807) is 20.9 Å². The van der Waals surface area contributed by atoms with Crippen LogP contribution in [-0.4, -0.2) is 63.1 Å². The van der Waals surface area contributed by atoms with Gasteiger partial charge in [-0.1, -0.05) is 0 Å². The van der Waals surface area contributed by atoms with Gasteiger partial charge in [0.2, 0.25) is 16.0 Å². The minimum atomic E-state index is -3.54. The van der Waals surface area contributed by atoms with Gasteiger partial charge in [-0.2, -0.15) is 14.4 Å². The van der Waals surface area contributed by atoms with E-state index >= 15 is 0 Å². The van der Waals surface area contributed by atoms with Gasteiger partial charge in [-0.3, -0.25) is 9.48 Å². The Balaban J connectivity index is 1.39. The maximum atomic E-state index is 12.7. The Morgan fingerprint density at radius 2 is 2.00 bits per heavy atom. The van der Waals surface area contributed by atoms with Crippen LogP contribution < -0.4 is 15.4 Å². The Morgan fingerprint density at radius 3 is 2.66 bits per heavy atom. The molecule has 2 aliphatic rings. The van der Waals surface area contributed by atoms with Crippen LogP contribution in [0.5, 0.6) is 5.75 Å². The number of piperidine rings is 1. The van der Waals surface area contributed by atoms with Crippen LogP contribution in [0, 0.1) is 0 Å². The van der Waals surface area contributed by atoms with Crippen molar-refractivity contribution < 1.29 is 17.9 Å². The van der Waals surface area contributed by atoms with E-state index in [-0.39, 0.29) is 16.8 Å². The Kier molecular flexibility index (Phi) is 4.69. The summed E-state index contributed by atoms with van der Waals surface area (Å²) in [6, 6.07) is 0.0186. The standard InChI is InChI=1S/C17H23N7O4S/c1-17(2)15(25)21-14-13(28-17)9-18-16(22-14)20-11-4-6-24(7-5-11)29(26,27)12-8-19-23(3)10-12/h8-11H,4-7H2,1-3H3,(H2,18,20,21,22,25). The predicted molar refractivity (Wildman–Crippen MR) is 104 cm³/mol. The summed E-state index contributed by atoms with van der Waals surface area (Å²) < 4.78 is 33.9. The number of anilines is 2. The van der Waals surface area contributed by atoms with Crippen LogP contribution in [0.3, 0.4) is 0 Å². The first kappa shape index (κ1) is 19.6. The molecule has 0 spiro atoms. The molecular weight excluding hydrogens is 398 g/mol.